The van der Waals surface area contributed by atoms with Crippen molar-refractivity contribution in [1.29, 1.82) is 0 Å². The number of fused-ring (bicyclic) bond motifs is 3. The van der Waals surface area contributed by atoms with E-state index in [1.807, 2.05) is 0 Å². The maximum atomic E-state index is 6.06. The molecular formula is C60H73NO2. The Balaban J connectivity index is 1.05. The summed E-state index contributed by atoms with van der Waals surface area (Å²) in [6.07, 6.45) is 23.0. The quantitative estimate of drug-likeness (QED) is 0.0482. The standard InChI is InChI=1S/C60H73NO2/c1-4-7-10-13-16-19-42-61-59-45-53(51-26-22-47(23-27-51)49-30-36-55(37-31-49)62-43-20-17-14-11-8-5-2)34-40-57(59)58-41-35-54(46-60(58)61)52-28-24-48(25-29-52)50-32-38-56(39-33-50)63-44-21-18-15-12-9-6-3/h22-41,45-46H,4-21,42-44H2,1-3H3. The molecule has 0 amide bonds. The summed E-state index contributed by atoms with van der Waals surface area (Å²) in [5.41, 5.74) is 12.5. The fourth-order valence-electron chi connectivity index (χ4n) is 9.09. The summed E-state index contributed by atoms with van der Waals surface area (Å²) in [5.74, 6) is 1.92. The van der Waals surface area contributed by atoms with Crippen LogP contribution in [0.5, 0.6) is 11.5 Å². The van der Waals surface area contributed by atoms with Gasteiger partial charge >= 0.3 is 0 Å². The van der Waals surface area contributed by atoms with Crippen molar-refractivity contribution in [3.8, 4) is 56.0 Å². The van der Waals surface area contributed by atoms with Gasteiger partial charge in [-0.1, -0.05) is 214 Å². The molecule has 0 unspecified atom stereocenters. The molecule has 63 heavy (non-hydrogen) atoms. The second-order valence-electron chi connectivity index (χ2n) is 17.8. The predicted molar refractivity (Wildman–Crippen MR) is 272 cm³/mol. The van der Waals surface area contributed by atoms with E-state index in [-0.39, 0.29) is 0 Å². The predicted octanol–water partition coefficient (Wildman–Crippen LogP) is 18.3. The molecule has 0 saturated heterocycles. The van der Waals surface area contributed by atoms with Gasteiger partial charge in [0.05, 0.1) is 13.2 Å². The third-order valence-electron chi connectivity index (χ3n) is 12.9. The highest BCUT2D eigenvalue weighted by molar-refractivity contribution is 6.10. The maximum Gasteiger partial charge on any atom is 0.119 e. The third-order valence-corrected chi connectivity index (χ3v) is 12.9. The number of unbranched alkanes of at least 4 members (excludes halogenated alkanes) is 15. The summed E-state index contributed by atoms with van der Waals surface area (Å²) in [7, 11) is 0. The molecule has 7 rings (SSSR count). The summed E-state index contributed by atoms with van der Waals surface area (Å²) in [6.45, 7) is 9.44. The first-order valence-electron chi connectivity index (χ1n) is 24.9. The zero-order valence-electron chi connectivity index (χ0n) is 38.8. The van der Waals surface area contributed by atoms with Crippen molar-refractivity contribution in [3.05, 3.63) is 133 Å². The lowest BCUT2D eigenvalue weighted by atomic mass is 9.98. The van der Waals surface area contributed by atoms with Crippen LogP contribution in [0.2, 0.25) is 0 Å². The Labute approximate surface area is 379 Å². The molecule has 0 aliphatic carbocycles. The van der Waals surface area contributed by atoms with Gasteiger partial charge in [-0.3, -0.25) is 0 Å². The molecule has 0 aliphatic heterocycles. The second-order valence-corrected chi connectivity index (χ2v) is 17.8. The summed E-state index contributed by atoms with van der Waals surface area (Å²) >= 11 is 0. The Morgan fingerprint density at radius 3 is 0.952 bits per heavy atom. The normalized spacial score (nSPS) is 11.5. The first-order chi connectivity index (χ1) is 31.1. The molecule has 0 saturated carbocycles. The van der Waals surface area contributed by atoms with Gasteiger partial charge in [0.25, 0.3) is 0 Å². The molecule has 330 valence electrons. The average Bonchev–Trinajstić information content (AvgIpc) is 3.64. The Hall–Kier alpha value is -5.28. The second kappa shape index (κ2) is 24.5. The van der Waals surface area contributed by atoms with E-state index in [2.05, 4.69) is 159 Å². The zero-order valence-corrected chi connectivity index (χ0v) is 38.8. The monoisotopic (exact) mass is 840 g/mol. The van der Waals surface area contributed by atoms with E-state index < -0.39 is 0 Å². The van der Waals surface area contributed by atoms with Gasteiger partial charge in [-0.2, -0.15) is 0 Å². The number of ether oxygens (including phenoxy) is 2. The molecular weight excluding hydrogens is 767 g/mol. The van der Waals surface area contributed by atoms with Crippen LogP contribution in [-0.2, 0) is 6.54 Å². The Morgan fingerprint density at radius 2 is 0.587 bits per heavy atom. The van der Waals surface area contributed by atoms with E-state index in [1.54, 1.807) is 0 Å². The number of hydrogen-bond donors (Lipinski definition) is 0. The van der Waals surface area contributed by atoms with Crippen LogP contribution in [0.1, 0.15) is 136 Å². The van der Waals surface area contributed by atoms with Crippen molar-refractivity contribution in [1.82, 2.24) is 4.57 Å². The van der Waals surface area contributed by atoms with Crippen molar-refractivity contribution in [2.45, 2.75) is 143 Å². The highest BCUT2D eigenvalue weighted by atomic mass is 16.5. The van der Waals surface area contributed by atoms with E-state index in [0.717, 1.165) is 44.1 Å². The minimum atomic E-state index is 0.795. The fourth-order valence-corrected chi connectivity index (χ4v) is 9.09. The molecule has 0 N–H and O–H groups in total. The number of rotatable bonds is 27. The minimum absolute atomic E-state index is 0.795. The molecule has 6 aromatic carbocycles. The molecule has 0 fully saturated rings. The number of benzene rings is 6. The van der Waals surface area contributed by atoms with Crippen LogP contribution in [-0.4, -0.2) is 17.8 Å². The molecule has 0 radical (unpaired) electrons. The van der Waals surface area contributed by atoms with Crippen molar-refractivity contribution >= 4 is 21.8 Å². The summed E-state index contributed by atoms with van der Waals surface area (Å²) < 4.78 is 14.7. The van der Waals surface area contributed by atoms with Crippen molar-refractivity contribution in [2.24, 2.45) is 0 Å². The average molecular weight is 840 g/mol. The van der Waals surface area contributed by atoms with E-state index in [1.165, 1.54) is 169 Å². The van der Waals surface area contributed by atoms with Gasteiger partial charge < -0.3 is 14.0 Å². The van der Waals surface area contributed by atoms with E-state index in [9.17, 15) is 0 Å². The SMILES string of the molecule is CCCCCCCCOc1ccc(-c2ccc(-c3ccc4c5ccc(-c6ccc(-c7ccc(OCCCCCCCC)cc7)cc6)cc5n(CCCCCCCC)c4c3)cc2)cc1. The lowest BCUT2D eigenvalue weighted by Crippen LogP contribution is -1.98. The van der Waals surface area contributed by atoms with Crippen LogP contribution >= 0.6 is 0 Å². The van der Waals surface area contributed by atoms with Gasteiger partial charge in [-0.15, -0.1) is 0 Å². The number of nitrogens with zero attached hydrogens (tertiary/aromatic N) is 1. The summed E-state index contributed by atoms with van der Waals surface area (Å²) in [5, 5.41) is 2.66. The molecule has 3 nitrogen and oxygen atoms in total. The van der Waals surface area contributed by atoms with Crippen LogP contribution < -0.4 is 9.47 Å². The van der Waals surface area contributed by atoms with Crippen LogP contribution in [0.15, 0.2) is 133 Å². The Kier molecular flexibility index (Phi) is 17.8. The topological polar surface area (TPSA) is 23.4 Å². The highest BCUT2D eigenvalue weighted by Crippen LogP contribution is 2.37. The molecule has 0 atom stereocenters. The van der Waals surface area contributed by atoms with Gasteiger partial charge in [0, 0.05) is 28.4 Å². The molecule has 1 aromatic heterocycles. The van der Waals surface area contributed by atoms with Crippen molar-refractivity contribution in [2.75, 3.05) is 13.2 Å². The minimum Gasteiger partial charge on any atom is -0.494 e. The van der Waals surface area contributed by atoms with Crippen LogP contribution in [0, 0.1) is 0 Å². The maximum absolute atomic E-state index is 6.06. The Morgan fingerprint density at radius 1 is 0.302 bits per heavy atom. The molecule has 1 heterocycles. The van der Waals surface area contributed by atoms with Gasteiger partial charge in [-0.25, -0.2) is 0 Å². The van der Waals surface area contributed by atoms with Gasteiger partial charge in [-0.05, 0) is 100 Å². The van der Waals surface area contributed by atoms with E-state index in [0.29, 0.717) is 0 Å². The van der Waals surface area contributed by atoms with Crippen molar-refractivity contribution < 1.29 is 9.47 Å². The molecule has 0 bridgehead atoms. The summed E-state index contributed by atoms with van der Waals surface area (Å²) in [4.78, 5) is 0. The molecule has 0 spiro atoms. The van der Waals surface area contributed by atoms with E-state index in [4.69, 9.17) is 9.47 Å². The van der Waals surface area contributed by atoms with Crippen LogP contribution in [0.25, 0.3) is 66.3 Å². The van der Waals surface area contributed by atoms with Crippen LogP contribution in [0.3, 0.4) is 0 Å². The number of aromatic nitrogens is 1. The fraction of sp³-hybridized carbons (Fsp3) is 0.400. The van der Waals surface area contributed by atoms with Crippen molar-refractivity contribution in [3.63, 3.8) is 0 Å². The van der Waals surface area contributed by atoms with Crippen LogP contribution in [0.4, 0.5) is 0 Å². The third kappa shape index (κ3) is 12.9. The largest absolute Gasteiger partial charge is 0.494 e. The van der Waals surface area contributed by atoms with Gasteiger partial charge in [0.15, 0.2) is 0 Å². The first-order valence-corrected chi connectivity index (χ1v) is 24.9. The van der Waals surface area contributed by atoms with Gasteiger partial charge in [0.1, 0.15) is 11.5 Å². The summed E-state index contributed by atoms with van der Waals surface area (Å²) in [6, 6.07) is 49.5. The highest BCUT2D eigenvalue weighted by Gasteiger charge is 2.14. The Bertz CT molecular complexity index is 2220. The smallest absolute Gasteiger partial charge is 0.119 e. The van der Waals surface area contributed by atoms with E-state index >= 15 is 0 Å². The first kappa shape index (κ1) is 45.7. The lowest BCUT2D eigenvalue weighted by molar-refractivity contribution is 0.304. The van der Waals surface area contributed by atoms with Gasteiger partial charge in [0.2, 0.25) is 0 Å². The number of hydrogen-bond acceptors (Lipinski definition) is 2. The number of aryl methyl sites for hydroxylation is 1. The molecule has 3 heteroatoms. The molecule has 0 aliphatic rings. The zero-order chi connectivity index (χ0) is 43.5. The lowest BCUT2D eigenvalue weighted by Gasteiger charge is -2.11. The molecule has 7 aromatic rings.